The predicted octanol–water partition coefficient (Wildman–Crippen LogP) is 4.03. The molecule has 5 heteroatoms. The first-order valence-electron chi connectivity index (χ1n) is 9.43. The van der Waals surface area contributed by atoms with E-state index >= 15 is 0 Å². The summed E-state index contributed by atoms with van der Waals surface area (Å²) in [6.07, 6.45) is 1.25. The summed E-state index contributed by atoms with van der Waals surface area (Å²) in [5.41, 5.74) is 2.75. The fourth-order valence-corrected chi connectivity index (χ4v) is 3.21. The predicted molar refractivity (Wildman–Crippen MR) is 107 cm³/mol. The number of anilines is 2. The van der Waals surface area contributed by atoms with E-state index in [1.807, 2.05) is 56.3 Å². The zero-order chi connectivity index (χ0) is 19.4. The van der Waals surface area contributed by atoms with Gasteiger partial charge in [0.1, 0.15) is 5.75 Å². The first-order chi connectivity index (χ1) is 13.0. The van der Waals surface area contributed by atoms with E-state index in [2.05, 4.69) is 12.2 Å². The van der Waals surface area contributed by atoms with Crippen molar-refractivity contribution in [1.82, 2.24) is 0 Å². The highest BCUT2D eigenvalue weighted by molar-refractivity contribution is 6.03. The molecular weight excluding hydrogens is 340 g/mol. The minimum Gasteiger partial charge on any atom is -0.491 e. The zero-order valence-electron chi connectivity index (χ0n) is 16.1. The van der Waals surface area contributed by atoms with Crippen molar-refractivity contribution in [2.24, 2.45) is 5.92 Å². The molecule has 2 aromatic carbocycles. The van der Waals surface area contributed by atoms with E-state index in [-0.39, 0.29) is 30.3 Å². The van der Waals surface area contributed by atoms with Crippen LogP contribution in [0.1, 0.15) is 32.8 Å². The van der Waals surface area contributed by atoms with E-state index in [1.165, 1.54) is 5.56 Å². The molecule has 0 bridgehead atoms. The number of nitrogens with zero attached hydrogens (tertiary/aromatic N) is 1. The second-order valence-electron chi connectivity index (χ2n) is 7.11. The molecule has 1 unspecified atom stereocenters. The number of hydrogen-bond donors (Lipinski definition) is 1. The first kappa shape index (κ1) is 19.0. The molecule has 0 aliphatic carbocycles. The maximum absolute atomic E-state index is 12.6. The molecule has 0 radical (unpaired) electrons. The number of aryl methyl sites for hydroxylation is 1. The summed E-state index contributed by atoms with van der Waals surface area (Å²) in [7, 11) is 0. The Morgan fingerprint density at radius 3 is 2.63 bits per heavy atom. The highest BCUT2D eigenvalue weighted by atomic mass is 16.5. The van der Waals surface area contributed by atoms with E-state index < -0.39 is 0 Å². The molecule has 2 amide bonds. The normalized spacial score (nSPS) is 16.7. The average Bonchev–Trinajstić information content (AvgIpc) is 3.03. The van der Waals surface area contributed by atoms with Gasteiger partial charge in [0.25, 0.3) is 0 Å². The lowest BCUT2D eigenvalue weighted by atomic mass is 10.1. The molecule has 1 aliphatic rings. The number of benzene rings is 2. The van der Waals surface area contributed by atoms with Crippen molar-refractivity contribution in [2.75, 3.05) is 16.8 Å². The summed E-state index contributed by atoms with van der Waals surface area (Å²) < 4.78 is 5.66. The van der Waals surface area contributed by atoms with Gasteiger partial charge in [-0.3, -0.25) is 9.59 Å². The minimum atomic E-state index is -0.363. The van der Waals surface area contributed by atoms with Gasteiger partial charge in [0.2, 0.25) is 11.8 Å². The van der Waals surface area contributed by atoms with Crippen molar-refractivity contribution in [3.8, 4) is 5.75 Å². The molecule has 5 nitrogen and oxygen atoms in total. The molecule has 1 aliphatic heterocycles. The second kappa shape index (κ2) is 8.25. The smallest absolute Gasteiger partial charge is 0.229 e. The Kier molecular flexibility index (Phi) is 5.79. The molecule has 0 spiro atoms. The van der Waals surface area contributed by atoms with Crippen molar-refractivity contribution < 1.29 is 14.3 Å². The van der Waals surface area contributed by atoms with Crippen LogP contribution in [-0.4, -0.2) is 24.5 Å². The Morgan fingerprint density at radius 1 is 1.22 bits per heavy atom. The zero-order valence-corrected chi connectivity index (χ0v) is 16.1. The van der Waals surface area contributed by atoms with E-state index in [4.69, 9.17) is 4.74 Å². The Balaban J connectivity index is 1.65. The third-order valence-electron chi connectivity index (χ3n) is 4.63. The monoisotopic (exact) mass is 366 g/mol. The third-order valence-corrected chi connectivity index (χ3v) is 4.63. The fourth-order valence-electron chi connectivity index (χ4n) is 3.21. The first-order valence-corrected chi connectivity index (χ1v) is 9.43. The van der Waals surface area contributed by atoms with Crippen LogP contribution < -0.4 is 15.0 Å². The van der Waals surface area contributed by atoms with Crippen LogP contribution in [0.3, 0.4) is 0 Å². The van der Waals surface area contributed by atoms with Gasteiger partial charge in [-0.05, 0) is 50.1 Å². The summed E-state index contributed by atoms with van der Waals surface area (Å²) >= 11 is 0. The molecular formula is C22H26N2O3. The summed E-state index contributed by atoms with van der Waals surface area (Å²) in [6, 6.07) is 15.3. The Hall–Kier alpha value is -2.82. The number of rotatable bonds is 6. The van der Waals surface area contributed by atoms with Crippen molar-refractivity contribution in [1.29, 1.82) is 0 Å². The number of hydrogen-bond acceptors (Lipinski definition) is 3. The summed E-state index contributed by atoms with van der Waals surface area (Å²) in [5, 5.41) is 2.91. The fraction of sp³-hybridized carbons (Fsp3) is 0.364. The molecule has 142 valence electrons. The number of carbonyl (C=O) groups is 2. The molecule has 1 N–H and O–H groups in total. The van der Waals surface area contributed by atoms with Crippen LogP contribution in [0.15, 0.2) is 48.5 Å². The van der Waals surface area contributed by atoms with E-state index in [0.717, 1.165) is 12.1 Å². The SMILES string of the molecule is CCc1ccc(N2CC(C(=O)Nc3cccc(OC(C)C)c3)CC2=O)cc1. The maximum Gasteiger partial charge on any atom is 0.229 e. The molecule has 1 atom stereocenters. The van der Waals surface area contributed by atoms with Crippen LogP contribution in [0.2, 0.25) is 0 Å². The molecule has 1 saturated heterocycles. The van der Waals surface area contributed by atoms with Crippen molar-refractivity contribution in [3.63, 3.8) is 0 Å². The molecule has 0 aromatic heterocycles. The lowest BCUT2D eigenvalue weighted by Crippen LogP contribution is -2.28. The van der Waals surface area contributed by atoms with Gasteiger partial charge in [0.05, 0.1) is 12.0 Å². The lowest BCUT2D eigenvalue weighted by Gasteiger charge is -2.17. The van der Waals surface area contributed by atoms with Crippen LogP contribution in [0.25, 0.3) is 0 Å². The highest BCUT2D eigenvalue weighted by Crippen LogP contribution is 2.27. The Morgan fingerprint density at radius 2 is 1.96 bits per heavy atom. The number of carbonyl (C=O) groups excluding carboxylic acids is 2. The second-order valence-corrected chi connectivity index (χ2v) is 7.11. The van der Waals surface area contributed by atoms with Gasteiger partial charge in [-0.1, -0.05) is 25.1 Å². The van der Waals surface area contributed by atoms with Gasteiger partial charge >= 0.3 is 0 Å². The van der Waals surface area contributed by atoms with Gasteiger partial charge in [0, 0.05) is 30.4 Å². The van der Waals surface area contributed by atoms with Crippen LogP contribution in [0.5, 0.6) is 5.75 Å². The topological polar surface area (TPSA) is 58.6 Å². The number of ether oxygens (including phenoxy) is 1. The van der Waals surface area contributed by atoms with E-state index in [0.29, 0.717) is 18.0 Å². The van der Waals surface area contributed by atoms with Gasteiger partial charge in [-0.2, -0.15) is 0 Å². The quantitative estimate of drug-likeness (QED) is 0.840. The molecule has 1 fully saturated rings. The average molecular weight is 366 g/mol. The van der Waals surface area contributed by atoms with Crippen molar-refractivity contribution >= 4 is 23.2 Å². The van der Waals surface area contributed by atoms with Crippen molar-refractivity contribution in [3.05, 3.63) is 54.1 Å². The summed E-state index contributed by atoms with van der Waals surface area (Å²) in [4.78, 5) is 26.7. The molecule has 0 saturated carbocycles. The molecule has 2 aromatic rings. The standard InChI is InChI=1S/C22H26N2O3/c1-4-16-8-10-19(11-9-16)24-14-17(12-21(24)25)22(26)23-18-6-5-7-20(13-18)27-15(2)3/h5-11,13,15,17H,4,12,14H2,1-3H3,(H,23,26). The van der Waals surface area contributed by atoms with Crippen LogP contribution >= 0.6 is 0 Å². The van der Waals surface area contributed by atoms with Gasteiger partial charge in [0.15, 0.2) is 0 Å². The molecule has 1 heterocycles. The lowest BCUT2D eigenvalue weighted by molar-refractivity contribution is -0.122. The largest absolute Gasteiger partial charge is 0.491 e. The van der Waals surface area contributed by atoms with Gasteiger partial charge < -0.3 is 15.0 Å². The van der Waals surface area contributed by atoms with Crippen LogP contribution in [-0.2, 0) is 16.0 Å². The minimum absolute atomic E-state index is 0.0173. The van der Waals surface area contributed by atoms with Gasteiger partial charge in [-0.25, -0.2) is 0 Å². The third kappa shape index (κ3) is 4.67. The number of amides is 2. The molecule has 3 rings (SSSR count). The Labute approximate surface area is 160 Å². The van der Waals surface area contributed by atoms with Crippen molar-refractivity contribution in [2.45, 2.75) is 39.7 Å². The van der Waals surface area contributed by atoms with Crippen LogP contribution in [0, 0.1) is 5.92 Å². The van der Waals surface area contributed by atoms with Gasteiger partial charge in [-0.15, -0.1) is 0 Å². The molecule has 27 heavy (non-hydrogen) atoms. The number of nitrogens with one attached hydrogen (secondary N) is 1. The summed E-state index contributed by atoms with van der Waals surface area (Å²) in [5.74, 6) is 0.190. The van der Waals surface area contributed by atoms with Crippen LogP contribution in [0.4, 0.5) is 11.4 Å². The maximum atomic E-state index is 12.6. The highest BCUT2D eigenvalue weighted by Gasteiger charge is 2.35. The van der Waals surface area contributed by atoms with E-state index in [1.54, 1.807) is 11.0 Å². The summed E-state index contributed by atoms with van der Waals surface area (Å²) in [6.45, 7) is 6.41. The van der Waals surface area contributed by atoms with E-state index in [9.17, 15) is 9.59 Å². The Bertz CT molecular complexity index is 815.